The van der Waals surface area contributed by atoms with Gasteiger partial charge >= 0.3 is 0 Å². The molecule has 1 aliphatic heterocycles. The lowest BCUT2D eigenvalue weighted by atomic mass is 10.1. The van der Waals surface area contributed by atoms with Crippen LogP contribution in [0.25, 0.3) is 0 Å². The SMILES string of the molecule is COc1ccc(NC(=O)C[C@H]2SC(=Nc3c(C)cccc3C)N(C3CC3)C2=O)cc1OC. The molecule has 2 amide bonds. The van der Waals surface area contributed by atoms with Crippen LogP contribution in [0.1, 0.15) is 30.4 Å². The number of para-hydroxylation sites is 1. The molecule has 8 heteroatoms. The number of benzene rings is 2. The molecule has 2 fully saturated rings. The molecule has 2 aromatic carbocycles. The van der Waals surface area contributed by atoms with E-state index in [1.807, 2.05) is 32.0 Å². The Balaban J connectivity index is 1.50. The summed E-state index contributed by atoms with van der Waals surface area (Å²) in [6, 6.07) is 11.4. The standard InChI is InChI=1S/C24H27N3O4S/c1-14-6-5-7-15(2)22(14)26-24-27(17-9-10-17)23(29)20(32-24)13-21(28)25-16-8-11-18(30-3)19(12-16)31-4/h5-8,11-12,17,20H,9-10,13H2,1-4H3,(H,25,28)/t20-/m1/s1. The van der Waals surface area contributed by atoms with Gasteiger partial charge in [0.05, 0.1) is 19.9 Å². The highest BCUT2D eigenvalue weighted by Gasteiger charge is 2.46. The number of nitrogens with one attached hydrogen (secondary N) is 1. The van der Waals surface area contributed by atoms with Gasteiger partial charge in [0.1, 0.15) is 5.25 Å². The van der Waals surface area contributed by atoms with Crippen molar-refractivity contribution in [2.75, 3.05) is 19.5 Å². The van der Waals surface area contributed by atoms with Crippen LogP contribution in [-0.4, -0.2) is 47.4 Å². The van der Waals surface area contributed by atoms with Crippen LogP contribution in [0.15, 0.2) is 41.4 Å². The Kier molecular flexibility index (Phi) is 6.41. The minimum absolute atomic E-state index is 0.0371. The summed E-state index contributed by atoms with van der Waals surface area (Å²) in [5.74, 6) is 0.844. The summed E-state index contributed by atoms with van der Waals surface area (Å²) in [6.07, 6.45) is 2.03. The van der Waals surface area contributed by atoms with Crippen LogP contribution >= 0.6 is 11.8 Å². The van der Waals surface area contributed by atoms with Gasteiger partial charge in [-0.05, 0) is 49.9 Å². The lowest BCUT2D eigenvalue weighted by molar-refractivity contribution is -0.128. The van der Waals surface area contributed by atoms with Crippen LogP contribution < -0.4 is 14.8 Å². The third-order valence-electron chi connectivity index (χ3n) is 5.56. The van der Waals surface area contributed by atoms with Crippen molar-refractivity contribution >= 4 is 40.1 Å². The van der Waals surface area contributed by atoms with Gasteiger partial charge < -0.3 is 14.8 Å². The fourth-order valence-electron chi connectivity index (χ4n) is 3.73. The monoisotopic (exact) mass is 453 g/mol. The van der Waals surface area contributed by atoms with Crippen LogP contribution in [0, 0.1) is 13.8 Å². The molecule has 32 heavy (non-hydrogen) atoms. The molecule has 0 unspecified atom stereocenters. The summed E-state index contributed by atoms with van der Waals surface area (Å²) in [5, 5.41) is 3.07. The molecule has 1 saturated carbocycles. The Hall–Kier alpha value is -3.00. The smallest absolute Gasteiger partial charge is 0.242 e. The van der Waals surface area contributed by atoms with E-state index < -0.39 is 5.25 Å². The molecule has 2 aromatic rings. The summed E-state index contributed by atoms with van der Waals surface area (Å²) in [7, 11) is 3.10. The second-order valence-electron chi connectivity index (χ2n) is 8.00. The topological polar surface area (TPSA) is 80.2 Å². The predicted molar refractivity (Wildman–Crippen MR) is 127 cm³/mol. The zero-order valence-corrected chi connectivity index (χ0v) is 19.5. The first-order valence-corrected chi connectivity index (χ1v) is 11.5. The van der Waals surface area contributed by atoms with Gasteiger partial charge in [0.2, 0.25) is 11.8 Å². The minimum atomic E-state index is -0.487. The fraction of sp³-hybridized carbons (Fsp3) is 0.375. The Morgan fingerprint density at radius 1 is 1.12 bits per heavy atom. The number of hydrogen-bond acceptors (Lipinski definition) is 6. The van der Waals surface area contributed by atoms with Crippen LogP contribution in [0.3, 0.4) is 0 Å². The maximum absolute atomic E-state index is 13.1. The molecule has 1 heterocycles. The third kappa shape index (κ3) is 4.60. The molecule has 1 aliphatic carbocycles. The van der Waals surface area contributed by atoms with Crippen molar-refractivity contribution in [1.82, 2.24) is 4.90 Å². The number of nitrogens with zero attached hydrogens (tertiary/aromatic N) is 2. The second kappa shape index (κ2) is 9.24. The number of anilines is 1. The average molecular weight is 454 g/mol. The molecule has 0 aromatic heterocycles. The number of amidine groups is 1. The Labute approximate surface area is 192 Å². The summed E-state index contributed by atoms with van der Waals surface area (Å²) in [4.78, 5) is 32.5. The van der Waals surface area contributed by atoms with E-state index in [0.717, 1.165) is 29.7 Å². The van der Waals surface area contributed by atoms with Crippen molar-refractivity contribution in [3.63, 3.8) is 0 Å². The lowest BCUT2D eigenvalue weighted by Crippen LogP contribution is -2.35. The Morgan fingerprint density at radius 3 is 2.44 bits per heavy atom. The van der Waals surface area contributed by atoms with Crippen molar-refractivity contribution < 1.29 is 19.1 Å². The number of aliphatic imine (C=N–C) groups is 1. The van der Waals surface area contributed by atoms with Crippen LogP contribution in [0.2, 0.25) is 0 Å². The van der Waals surface area contributed by atoms with Crippen molar-refractivity contribution in [2.24, 2.45) is 4.99 Å². The highest BCUT2D eigenvalue weighted by molar-refractivity contribution is 8.15. The molecule has 4 rings (SSSR count). The van der Waals surface area contributed by atoms with E-state index in [0.29, 0.717) is 22.4 Å². The van der Waals surface area contributed by atoms with E-state index in [4.69, 9.17) is 14.5 Å². The molecule has 0 bridgehead atoms. The van der Waals surface area contributed by atoms with Crippen molar-refractivity contribution in [3.05, 3.63) is 47.5 Å². The second-order valence-corrected chi connectivity index (χ2v) is 9.17. The number of carbonyl (C=O) groups is 2. The third-order valence-corrected chi connectivity index (χ3v) is 6.72. The molecule has 168 valence electrons. The number of methoxy groups -OCH3 is 2. The first-order chi connectivity index (χ1) is 15.4. The number of hydrogen-bond donors (Lipinski definition) is 1. The average Bonchev–Trinajstić information content (AvgIpc) is 3.56. The zero-order chi connectivity index (χ0) is 22.8. The van der Waals surface area contributed by atoms with Crippen LogP contribution in [-0.2, 0) is 9.59 Å². The summed E-state index contributed by atoms with van der Waals surface area (Å²) in [5.41, 5.74) is 3.61. The van der Waals surface area contributed by atoms with E-state index in [1.165, 1.54) is 11.8 Å². The molecular weight excluding hydrogens is 426 g/mol. The molecule has 0 spiro atoms. The van der Waals surface area contributed by atoms with E-state index in [-0.39, 0.29) is 24.3 Å². The normalized spacial score (nSPS) is 19.4. The van der Waals surface area contributed by atoms with Crippen LogP contribution in [0.5, 0.6) is 11.5 Å². The zero-order valence-electron chi connectivity index (χ0n) is 18.7. The van der Waals surface area contributed by atoms with Gasteiger partial charge in [-0.1, -0.05) is 30.0 Å². The van der Waals surface area contributed by atoms with Crippen molar-refractivity contribution in [3.8, 4) is 11.5 Å². The highest BCUT2D eigenvalue weighted by Crippen LogP contribution is 2.40. The maximum atomic E-state index is 13.1. The van der Waals surface area contributed by atoms with Gasteiger partial charge in [-0.3, -0.25) is 14.5 Å². The fourth-order valence-corrected chi connectivity index (χ4v) is 4.93. The molecular formula is C24H27N3O4S. The van der Waals surface area contributed by atoms with Crippen molar-refractivity contribution in [1.29, 1.82) is 0 Å². The number of aryl methyl sites for hydroxylation is 2. The summed E-state index contributed by atoms with van der Waals surface area (Å²) in [6.45, 7) is 4.03. The van der Waals surface area contributed by atoms with Gasteiger partial charge in [-0.25, -0.2) is 4.99 Å². The largest absolute Gasteiger partial charge is 0.493 e. The van der Waals surface area contributed by atoms with Gasteiger partial charge in [0, 0.05) is 24.2 Å². The number of carbonyl (C=O) groups excluding carboxylic acids is 2. The number of rotatable bonds is 7. The molecule has 2 aliphatic rings. The molecule has 0 radical (unpaired) electrons. The lowest BCUT2D eigenvalue weighted by Gasteiger charge is -2.16. The Bertz CT molecular complexity index is 1060. The summed E-state index contributed by atoms with van der Waals surface area (Å²) >= 11 is 1.38. The van der Waals surface area contributed by atoms with Gasteiger partial charge in [0.15, 0.2) is 16.7 Å². The van der Waals surface area contributed by atoms with Crippen LogP contribution in [0.4, 0.5) is 11.4 Å². The van der Waals surface area contributed by atoms with E-state index in [2.05, 4.69) is 5.32 Å². The van der Waals surface area contributed by atoms with E-state index >= 15 is 0 Å². The van der Waals surface area contributed by atoms with E-state index in [1.54, 1.807) is 37.3 Å². The first kappa shape index (κ1) is 22.2. The predicted octanol–water partition coefficient (Wildman–Crippen LogP) is 4.44. The quantitative estimate of drug-likeness (QED) is 0.670. The Morgan fingerprint density at radius 2 is 1.81 bits per heavy atom. The molecule has 1 N–H and O–H groups in total. The van der Waals surface area contributed by atoms with Gasteiger partial charge in [-0.15, -0.1) is 0 Å². The first-order valence-electron chi connectivity index (χ1n) is 10.6. The molecule has 1 saturated heterocycles. The summed E-state index contributed by atoms with van der Waals surface area (Å²) < 4.78 is 10.5. The number of thioether (sulfide) groups is 1. The molecule has 7 nitrogen and oxygen atoms in total. The van der Waals surface area contributed by atoms with Gasteiger partial charge in [0.25, 0.3) is 0 Å². The van der Waals surface area contributed by atoms with Gasteiger partial charge in [-0.2, -0.15) is 0 Å². The van der Waals surface area contributed by atoms with E-state index in [9.17, 15) is 9.59 Å². The van der Waals surface area contributed by atoms with Crippen molar-refractivity contribution in [2.45, 2.75) is 44.4 Å². The maximum Gasteiger partial charge on any atom is 0.242 e. The number of ether oxygens (including phenoxy) is 2. The minimum Gasteiger partial charge on any atom is -0.493 e. The number of amides is 2. The highest BCUT2D eigenvalue weighted by atomic mass is 32.2. The molecule has 1 atom stereocenters.